The van der Waals surface area contributed by atoms with Crippen molar-refractivity contribution >= 4 is 28.0 Å². The summed E-state index contributed by atoms with van der Waals surface area (Å²) >= 11 is 0. The van der Waals surface area contributed by atoms with Gasteiger partial charge in [0.2, 0.25) is 0 Å². The average molecular weight is 346 g/mol. The number of non-ortho nitro benzene ring substituents is 1. The lowest BCUT2D eigenvalue weighted by molar-refractivity contribution is -0.384. The van der Waals surface area contributed by atoms with E-state index in [1.807, 2.05) is 44.2 Å². The van der Waals surface area contributed by atoms with Crippen LogP contribution in [0.4, 0.5) is 5.69 Å². The van der Waals surface area contributed by atoms with E-state index < -0.39 is 4.92 Å². The molecule has 6 heteroatoms. The highest BCUT2D eigenvalue weighted by atomic mass is 16.6. The first-order valence-electron chi connectivity index (χ1n) is 8.20. The monoisotopic (exact) mass is 346 g/mol. The van der Waals surface area contributed by atoms with Gasteiger partial charge in [-0.05, 0) is 43.7 Å². The molecule has 3 aromatic rings. The molecule has 26 heavy (non-hydrogen) atoms. The largest absolute Gasteiger partial charge is 0.269 e. The molecule has 0 spiro atoms. The van der Waals surface area contributed by atoms with E-state index in [4.69, 9.17) is 0 Å². The highest BCUT2D eigenvalue weighted by molar-refractivity contribution is 5.99. The number of benzene rings is 2. The number of hydrogen-bond donors (Lipinski definition) is 0. The summed E-state index contributed by atoms with van der Waals surface area (Å²) in [6, 6.07) is 18.3. The quantitative estimate of drug-likeness (QED) is 0.385. The minimum absolute atomic E-state index is 0.0589. The fraction of sp³-hybridized carbons (Fsp3) is 0.150. The maximum atomic E-state index is 10.7. The molecule has 2 aromatic carbocycles. The highest BCUT2D eigenvalue weighted by Crippen LogP contribution is 2.14. The van der Waals surface area contributed by atoms with Crippen molar-refractivity contribution in [3.8, 4) is 0 Å². The van der Waals surface area contributed by atoms with Crippen LogP contribution >= 0.6 is 0 Å². The van der Waals surface area contributed by atoms with E-state index in [0.29, 0.717) is 12.1 Å². The lowest BCUT2D eigenvalue weighted by Gasteiger charge is -2.03. The number of aromatic nitrogens is 1. The van der Waals surface area contributed by atoms with Crippen molar-refractivity contribution in [3.63, 3.8) is 0 Å². The summed E-state index contributed by atoms with van der Waals surface area (Å²) < 4.78 is 0. The molecule has 0 unspecified atom stereocenters. The van der Waals surface area contributed by atoms with Crippen LogP contribution in [0.2, 0.25) is 0 Å². The Bertz CT molecular complexity index is 1010. The molecule has 0 saturated heterocycles. The van der Waals surface area contributed by atoms with E-state index in [9.17, 15) is 10.1 Å². The Balaban J connectivity index is 1.73. The van der Waals surface area contributed by atoms with E-state index in [1.54, 1.807) is 12.1 Å². The molecular formula is C20H18N4O2. The van der Waals surface area contributed by atoms with Gasteiger partial charge in [0.05, 0.1) is 16.2 Å². The molecule has 0 aliphatic heterocycles. The molecule has 0 aliphatic rings. The molecule has 6 nitrogen and oxygen atoms in total. The predicted octanol–water partition coefficient (Wildman–Crippen LogP) is 4.57. The first-order chi connectivity index (χ1) is 12.5. The van der Waals surface area contributed by atoms with Gasteiger partial charge in [-0.15, -0.1) is 0 Å². The SMILES string of the molecule is CC(Cc1ccc2ccccc2n1)=NN=C(C)c1ccc([N+](=O)[O-])cc1. The van der Waals surface area contributed by atoms with Crippen molar-refractivity contribution in [2.24, 2.45) is 10.2 Å². The minimum Gasteiger partial charge on any atom is -0.258 e. The molecule has 3 rings (SSSR count). The molecule has 130 valence electrons. The lowest BCUT2D eigenvalue weighted by Crippen LogP contribution is -2.01. The first-order valence-corrected chi connectivity index (χ1v) is 8.20. The molecule has 0 saturated carbocycles. The number of nitro groups is 1. The summed E-state index contributed by atoms with van der Waals surface area (Å²) in [6.07, 6.45) is 0.613. The molecule has 1 aromatic heterocycles. The lowest BCUT2D eigenvalue weighted by atomic mass is 10.1. The molecule has 0 atom stereocenters. The van der Waals surface area contributed by atoms with E-state index in [2.05, 4.69) is 21.3 Å². The summed E-state index contributed by atoms with van der Waals surface area (Å²) in [5.41, 5.74) is 4.30. The molecule has 0 radical (unpaired) electrons. The van der Waals surface area contributed by atoms with Crippen LogP contribution in [0.25, 0.3) is 10.9 Å². The third-order valence-corrected chi connectivity index (χ3v) is 3.96. The van der Waals surface area contributed by atoms with Gasteiger partial charge in [-0.1, -0.05) is 24.3 Å². The molecule has 0 N–H and O–H groups in total. The zero-order valence-electron chi connectivity index (χ0n) is 14.6. The fourth-order valence-electron chi connectivity index (χ4n) is 2.55. The summed E-state index contributed by atoms with van der Waals surface area (Å²) in [7, 11) is 0. The van der Waals surface area contributed by atoms with Crippen molar-refractivity contribution in [1.29, 1.82) is 0 Å². The number of fused-ring (bicyclic) bond motifs is 1. The Morgan fingerprint density at radius 1 is 1.00 bits per heavy atom. The molecule has 0 amide bonds. The first kappa shape index (κ1) is 17.4. The average Bonchev–Trinajstić information content (AvgIpc) is 2.66. The van der Waals surface area contributed by atoms with Crippen LogP contribution in [-0.4, -0.2) is 21.3 Å². The van der Waals surface area contributed by atoms with Gasteiger partial charge in [-0.25, -0.2) is 0 Å². The topological polar surface area (TPSA) is 80.8 Å². The van der Waals surface area contributed by atoms with Crippen LogP contribution in [0.3, 0.4) is 0 Å². The number of rotatable bonds is 5. The summed E-state index contributed by atoms with van der Waals surface area (Å²) in [5.74, 6) is 0. The van der Waals surface area contributed by atoms with Gasteiger partial charge in [-0.2, -0.15) is 10.2 Å². The second kappa shape index (κ2) is 7.65. The Labute approximate surface area is 151 Å². The maximum absolute atomic E-state index is 10.7. The molecule has 0 fully saturated rings. The molecule has 0 bridgehead atoms. The van der Waals surface area contributed by atoms with Crippen LogP contribution in [0.5, 0.6) is 0 Å². The third-order valence-electron chi connectivity index (χ3n) is 3.96. The molecular weight excluding hydrogens is 328 g/mol. The standard InChI is InChI=1S/C20H18N4O2/c1-14(13-18-10-7-17-5-3-4-6-20(17)21-18)22-23-15(2)16-8-11-19(12-9-16)24(25)26/h3-12H,13H2,1-2H3. The van der Waals surface area contributed by atoms with Gasteiger partial charge >= 0.3 is 0 Å². The van der Waals surface area contributed by atoms with Gasteiger partial charge in [-0.3, -0.25) is 15.1 Å². The number of hydrogen-bond acceptors (Lipinski definition) is 5. The van der Waals surface area contributed by atoms with Crippen LogP contribution in [0, 0.1) is 10.1 Å². The Morgan fingerprint density at radius 3 is 2.46 bits per heavy atom. The van der Waals surface area contributed by atoms with Crippen LogP contribution < -0.4 is 0 Å². The van der Waals surface area contributed by atoms with Crippen LogP contribution in [0.1, 0.15) is 25.1 Å². The van der Waals surface area contributed by atoms with Crippen LogP contribution in [-0.2, 0) is 6.42 Å². The normalized spacial score (nSPS) is 12.4. The van der Waals surface area contributed by atoms with E-state index in [1.165, 1.54) is 12.1 Å². The van der Waals surface area contributed by atoms with E-state index in [0.717, 1.165) is 27.9 Å². The zero-order chi connectivity index (χ0) is 18.5. The zero-order valence-corrected chi connectivity index (χ0v) is 14.6. The Kier molecular flexibility index (Phi) is 5.12. The highest BCUT2D eigenvalue weighted by Gasteiger charge is 2.05. The molecule has 1 heterocycles. The second-order valence-corrected chi connectivity index (χ2v) is 6.00. The van der Waals surface area contributed by atoms with Gasteiger partial charge in [0.15, 0.2) is 0 Å². The molecule has 0 aliphatic carbocycles. The van der Waals surface area contributed by atoms with E-state index in [-0.39, 0.29) is 5.69 Å². The third kappa shape index (κ3) is 4.16. The van der Waals surface area contributed by atoms with Crippen LogP contribution in [0.15, 0.2) is 70.9 Å². The number of pyridine rings is 1. The summed E-state index contributed by atoms with van der Waals surface area (Å²) in [5, 5.41) is 20.3. The van der Waals surface area contributed by atoms with E-state index >= 15 is 0 Å². The number of nitrogens with zero attached hydrogens (tertiary/aromatic N) is 4. The van der Waals surface area contributed by atoms with Crippen molar-refractivity contribution in [1.82, 2.24) is 4.98 Å². The second-order valence-electron chi connectivity index (χ2n) is 6.00. The fourth-order valence-corrected chi connectivity index (χ4v) is 2.55. The smallest absolute Gasteiger partial charge is 0.258 e. The summed E-state index contributed by atoms with van der Waals surface area (Å²) in [6.45, 7) is 3.73. The van der Waals surface area contributed by atoms with Crippen molar-refractivity contribution in [2.45, 2.75) is 20.3 Å². The van der Waals surface area contributed by atoms with Crippen molar-refractivity contribution in [2.75, 3.05) is 0 Å². The summed E-state index contributed by atoms with van der Waals surface area (Å²) in [4.78, 5) is 14.9. The van der Waals surface area contributed by atoms with Gasteiger partial charge < -0.3 is 0 Å². The predicted molar refractivity (Wildman–Crippen MR) is 104 cm³/mol. The number of nitro benzene ring substituents is 1. The maximum Gasteiger partial charge on any atom is 0.269 e. The number of para-hydroxylation sites is 1. The minimum atomic E-state index is -0.422. The van der Waals surface area contributed by atoms with Gasteiger partial charge in [0, 0.05) is 35.3 Å². The Morgan fingerprint density at radius 2 is 1.73 bits per heavy atom. The van der Waals surface area contributed by atoms with Gasteiger partial charge in [0.1, 0.15) is 0 Å². The van der Waals surface area contributed by atoms with Gasteiger partial charge in [0.25, 0.3) is 5.69 Å². The van der Waals surface area contributed by atoms with Crippen molar-refractivity contribution in [3.05, 3.63) is 82.0 Å². The Hall–Kier alpha value is -3.41. The van der Waals surface area contributed by atoms with Crippen molar-refractivity contribution < 1.29 is 4.92 Å².